The normalized spacial score (nSPS) is 25.1. The molecular weight excluding hydrogens is 378 g/mol. The van der Waals surface area contributed by atoms with E-state index in [1.54, 1.807) is 0 Å². The summed E-state index contributed by atoms with van der Waals surface area (Å²) in [5.74, 6) is 2.24. The van der Waals surface area contributed by atoms with Crippen molar-refractivity contribution in [2.45, 2.75) is 62.1 Å². The molecule has 2 aliphatic rings. The van der Waals surface area contributed by atoms with Gasteiger partial charge in [0.15, 0.2) is 11.5 Å². The van der Waals surface area contributed by atoms with Crippen molar-refractivity contribution < 1.29 is 18.7 Å². The molecule has 0 unspecified atom stereocenters. The number of thioether (sulfide) groups is 1. The second-order valence-corrected chi connectivity index (χ2v) is 8.70. The van der Waals surface area contributed by atoms with Gasteiger partial charge in [-0.25, -0.2) is 0 Å². The molecule has 1 aliphatic heterocycles. The van der Waals surface area contributed by atoms with Crippen molar-refractivity contribution in [3.8, 4) is 11.5 Å². The van der Waals surface area contributed by atoms with Crippen LogP contribution in [0.25, 0.3) is 0 Å². The molecule has 0 bridgehead atoms. The second-order valence-electron chi connectivity index (χ2n) is 7.41. The van der Waals surface area contributed by atoms with Crippen LogP contribution in [0.2, 0.25) is 0 Å². The predicted octanol–water partition coefficient (Wildman–Crippen LogP) is 3.76. The highest BCUT2D eigenvalue weighted by atomic mass is 32.2. The van der Waals surface area contributed by atoms with E-state index in [-0.39, 0.29) is 17.2 Å². The van der Waals surface area contributed by atoms with E-state index in [0.29, 0.717) is 35.1 Å². The van der Waals surface area contributed by atoms with Gasteiger partial charge in [0.05, 0.1) is 5.25 Å². The molecule has 0 radical (unpaired) electrons. The Morgan fingerprint density at radius 2 is 2.00 bits per heavy atom. The van der Waals surface area contributed by atoms with Crippen molar-refractivity contribution in [1.82, 2.24) is 15.5 Å². The van der Waals surface area contributed by atoms with Gasteiger partial charge in [0.1, 0.15) is 6.61 Å². The summed E-state index contributed by atoms with van der Waals surface area (Å²) < 4.78 is 17.3. The van der Waals surface area contributed by atoms with Gasteiger partial charge in [0, 0.05) is 6.04 Å². The first-order chi connectivity index (χ1) is 13.6. The highest BCUT2D eigenvalue weighted by molar-refractivity contribution is 8.00. The summed E-state index contributed by atoms with van der Waals surface area (Å²) in [6.45, 7) is 4.36. The summed E-state index contributed by atoms with van der Waals surface area (Å²) in [6, 6.07) is 7.73. The maximum absolute atomic E-state index is 12.5. The number of nitrogens with zero attached hydrogens (tertiary/aromatic N) is 2. The number of rotatable bonds is 5. The van der Waals surface area contributed by atoms with Crippen LogP contribution in [0.4, 0.5) is 0 Å². The average molecular weight is 404 g/mol. The number of carbonyl (C=O) groups excluding carboxylic acids is 1. The molecule has 1 amide bonds. The number of hydrogen-bond donors (Lipinski definition) is 1. The first-order valence-corrected chi connectivity index (χ1v) is 10.7. The molecule has 1 fully saturated rings. The van der Waals surface area contributed by atoms with Crippen LogP contribution in [0.1, 0.15) is 51.5 Å². The number of aromatic nitrogens is 2. The number of fused-ring (bicyclic) bond motifs is 1. The standard InChI is InChI=1S/C20H25N3O4S/c1-12-7-3-4-8-14(12)21-18(24)13(2)28-20-23-22-19(27-20)17-11-25-15-9-5-6-10-16(15)26-17/h5-6,9-10,12-14,17H,3-4,7-8,11H2,1-2H3,(H,21,24)/t12-,13-,14+,17-/m0/s1. The molecule has 0 spiro atoms. The Morgan fingerprint density at radius 3 is 2.82 bits per heavy atom. The van der Waals surface area contributed by atoms with Crippen LogP contribution in [0.5, 0.6) is 11.5 Å². The zero-order chi connectivity index (χ0) is 19.5. The number of amides is 1. The van der Waals surface area contributed by atoms with Crippen molar-refractivity contribution >= 4 is 17.7 Å². The molecule has 1 aromatic heterocycles. The molecule has 28 heavy (non-hydrogen) atoms. The number of para-hydroxylation sites is 2. The van der Waals surface area contributed by atoms with Gasteiger partial charge in [-0.05, 0) is 37.8 Å². The lowest BCUT2D eigenvalue weighted by Gasteiger charge is -2.30. The molecule has 1 saturated carbocycles. The minimum atomic E-state index is -0.455. The third kappa shape index (κ3) is 4.27. The largest absolute Gasteiger partial charge is 0.485 e. The lowest BCUT2D eigenvalue weighted by atomic mass is 9.86. The summed E-state index contributed by atoms with van der Waals surface area (Å²) in [7, 11) is 0. The molecule has 8 heteroatoms. The number of carbonyl (C=O) groups is 1. The SMILES string of the molecule is C[C@H](Sc1nnc([C@@H]2COc3ccccc3O2)o1)C(=O)N[C@@H]1CCCC[C@@H]1C. The van der Waals surface area contributed by atoms with Crippen molar-refractivity contribution in [2.75, 3.05) is 6.61 Å². The number of benzene rings is 1. The Kier molecular flexibility index (Phi) is 5.75. The number of ether oxygens (including phenoxy) is 2. The Bertz CT molecular complexity index is 827. The predicted molar refractivity (Wildman–Crippen MR) is 104 cm³/mol. The van der Waals surface area contributed by atoms with Gasteiger partial charge < -0.3 is 19.2 Å². The smallest absolute Gasteiger partial charge is 0.277 e. The molecule has 0 saturated heterocycles. The maximum atomic E-state index is 12.5. The first-order valence-electron chi connectivity index (χ1n) is 9.79. The quantitative estimate of drug-likeness (QED) is 0.761. The van der Waals surface area contributed by atoms with E-state index in [1.807, 2.05) is 31.2 Å². The maximum Gasteiger partial charge on any atom is 0.277 e. The molecule has 1 N–H and O–H groups in total. The van der Waals surface area contributed by atoms with Crippen LogP contribution in [0, 0.1) is 5.92 Å². The highest BCUT2D eigenvalue weighted by Gasteiger charge is 2.29. The lowest BCUT2D eigenvalue weighted by molar-refractivity contribution is -0.121. The lowest BCUT2D eigenvalue weighted by Crippen LogP contribution is -2.44. The van der Waals surface area contributed by atoms with Crippen LogP contribution < -0.4 is 14.8 Å². The number of hydrogen-bond acceptors (Lipinski definition) is 7. The summed E-state index contributed by atoms with van der Waals surface area (Å²) >= 11 is 1.26. The van der Waals surface area contributed by atoms with Gasteiger partial charge in [-0.1, -0.05) is 43.7 Å². The van der Waals surface area contributed by atoms with Crippen molar-refractivity contribution in [2.24, 2.45) is 5.92 Å². The molecule has 1 aliphatic carbocycles. The molecule has 7 nitrogen and oxygen atoms in total. The highest BCUT2D eigenvalue weighted by Crippen LogP contribution is 2.36. The van der Waals surface area contributed by atoms with Crippen LogP contribution in [0.15, 0.2) is 33.9 Å². The zero-order valence-corrected chi connectivity index (χ0v) is 16.9. The zero-order valence-electron chi connectivity index (χ0n) is 16.1. The first kappa shape index (κ1) is 19.1. The monoisotopic (exact) mass is 403 g/mol. The van der Waals surface area contributed by atoms with Gasteiger partial charge in [-0.3, -0.25) is 4.79 Å². The van der Waals surface area contributed by atoms with Crippen LogP contribution in [-0.4, -0.2) is 34.0 Å². The van der Waals surface area contributed by atoms with Crippen molar-refractivity contribution in [1.29, 1.82) is 0 Å². The molecule has 1 aromatic carbocycles. The van der Waals surface area contributed by atoms with Crippen LogP contribution in [0.3, 0.4) is 0 Å². The molecule has 2 aromatic rings. The fourth-order valence-corrected chi connectivity index (χ4v) is 4.27. The van der Waals surface area contributed by atoms with E-state index in [4.69, 9.17) is 13.9 Å². The molecule has 150 valence electrons. The molecule has 2 heterocycles. The fourth-order valence-electron chi connectivity index (χ4n) is 3.57. The van der Waals surface area contributed by atoms with E-state index in [0.717, 1.165) is 6.42 Å². The minimum Gasteiger partial charge on any atom is -0.485 e. The van der Waals surface area contributed by atoms with Gasteiger partial charge in [-0.15, -0.1) is 10.2 Å². The van der Waals surface area contributed by atoms with E-state index in [2.05, 4.69) is 22.4 Å². The minimum absolute atomic E-state index is 0.00896. The summed E-state index contributed by atoms with van der Waals surface area (Å²) in [5.41, 5.74) is 0. The van der Waals surface area contributed by atoms with Crippen LogP contribution >= 0.6 is 11.8 Å². The molecular formula is C20H25N3O4S. The van der Waals surface area contributed by atoms with Gasteiger partial charge in [-0.2, -0.15) is 0 Å². The van der Waals surface area contributed by atoms with E-state index in [1.165, 1.54) is 31.0 Å². The van der Waals surface area contributed by atoms with Gasteiger partial charge in [0.25, 0.3) is 11.1 Å². The van der Waals surface area contributed by atoms with E-state index >= 15 is 0 Å². The Labute approximate surface area is 168 Å². The van der Waals surface area contributed by atoms with Crippen LogP contribution in [-0.2, 0) is 4.79 Å². The summed E-state index contributed by atoms with van der Waals surface area (Å²) in [4.78, 5) is 12.5. The number of nitrogens with one attached hydrogen (secondary N) is 1. The van der Waals surface area contributed by atoms with Crippen molar-refractivity contribution in [3.63, 3.8) is 0 Å². The Hall–Kier alpha value is -2.22. The molecule has 4 rings (SSSR count). The van der Waals surface area contributed by atoms with E-state index in [9.17, 15) is 4.79 Å². The Balaban J connectivity index is 1.33. The van der Waals surface area contributed by atoms with E-state index < -0.39 is 6.10 Å². The fraction of sp³-hybridized carbons (Fsp3) is 0.550. The van der Waals surface area contributed by atoms with Gasteiger partial charge >= 0.3 is 0 Å². The Morgan fingerprint density at radius 1 is 1.21 bits per heavy atom. The average Bonchev–Trinajstić information content (AvgIpc) is 3.17. The summed E-state index contributed by atoms with van der Waals surface area (Å²) in [5, 5.41) is 11.4. The van der Waals surface area contributed by atoms with Gasteiger partial charge in [0.2, 0.25) is 12.0 Å². The summed E-state index contributed by atoms with van der Waals surface area (Å²) in [6.07, 6.45) is 4.20. The third-order valence-electron chi connectivity index (χ3n) is 5.29. The van der Waals surface area contributed by atoms with Crippen molar-refractivity contribution in [3.05, 3.63) is 30.2 Å². The second kappa shape index (κ2) is 8.43. The molecule has 4 atom stereocenters. The topological polar surface area (TPSA) is 86.5 Å². The third-order valence-corrected chi connectivity index (χ3v) is 6.23.